The Morgan fingerprint density at radius 3 is 0.992 bits per heavy atom. The highest BCUT2D eigenvalue weighted by Crippen LogP contribution is 2.49. The molecule has 0 spiro atoms. The number of rotatable bonds is 80. The second-order valence-electron chi connectivity index (χ2n) is 35.6. The first kappa shape index (κ1) is 112. The number of carbonyl (C=O) groups excluding carboxylic acids is 4. The van der Waals surface area contributed by atoms with Crippen molar-refractivity contribution in [3.05, 3.63) is 0 Å². The van der Waals surface area contributed by atoms with Gasteiger partial charge in [0.05, 0.1) is 13.2 Å². The molecule has 0 radical (unpaired) electrons. The first-order valence-electron chi connectivity index (χ1n) is 49.2. The van der Waals surface area contributed by atoms with E-state index in [1.807, 2.05) is 0 Å². The highest BCUT2D eigenvalue weighted by molar-refractivity contribution is 7.47. The van der Waals surface area contributed by atoms with E-state index in [2.05, 4.69) is 34.6 Å². The van der Waals surface area contributed by atoms with Crippen LogP contribution < -0.4 is 0 Å². The van der Waals surface area contributed by atoms with Crippen LogP contribution in [0.4, 0.5) is 0 Å². The Kier molecular flexibility index (Phi) is 67.3. The van der Waals surface area contributed by atoms with Gasteiger partial charge in [0.1, 0.15) is 92.6 Å². The van der Waals surface area contributed by atoms with Crippen molar-refractivity contribution in [2.75, 3.05) is 26.4 Å². The maximum absolute atomic E-state index is 14.9. The molecule has 120 heavy (non-hydrogen) atoms. The lowest BCUT2D eigenvalue weighted by Gasteiger charge is -2.50. The number of hydrogen-bond acceptors (Lipinski definition) is 24. The molecule has 0 aromatic rings. The molecule has 3 rings (SSSR count). The second kappa shape index (κ2) is 72.4. The van der Waals surface area contributed by atoms with E-state index in [9.17, 15) is 74.6 Å². The fourth-order valence-corrected chi connectivity index (χ4v) is 17.6. The lowest BCUT2D eigenvalue weighted by Crippen LogP contribution is -2.70. The van der Waals surface area contributed by atoms with E-state index in [0.29, 0.717) is 38.0 Å². The molecule has 3 fully saturated rings. The van der Waals surface area contributed by atoms with Crippen molar-refractivity contribution in [1.82, 2.24) is 0 Å². The van der Waals surface area contributed by atoms with E-state index in [1.165, 1.54) is 218 Å². The average molecular weight is 1740 g/mol. The van der Waals surface area contributed by atoms with Crippen LogP contribution in [-0.4, -0.2) is 205 Å². The maximum atomic E-state index is 14.9. The Hall–Kier alpha value is -2.53. The number of hydrogen-bond donors (Lipinski definition) is 10. The first-order valence-corrected chi connectivity index (χ1v) is 50.7. The number of ether oxygens (including phenoxy) is 8. The molecule has 2 aliphatic heterocycles. The summed E-state index contributed by atoms with van der Waals surface area (Å²) >= 11 is 0. The molecule has 708 valence electrons. The molecule has 1 aliphatic carbocycles. The van der Waals surface area contributed by atoms with Crippen molar-refractivity contribution in [3.63, 3.8) is 0 Å². The number of aliphatic hydroxyl groups is 9. The Bertz CT molecular complexity index is 2500. The molecule has 3 aliphatic rings. The van der Waals surface area contributed by atoms with Crippen molar-refractivity contribution in [2.45, 2.75) is 543 Å². The molecule has 1 saturated carbocycles. The molecule has 19 atom stereocenters. The molecule has 0 bridgehead atoms. The van der Waals surface area contributed by atoms with Gasteiger partial charge in [-0.05, 0) is 31.6 Å². The average Bonchev–Trinajstić information content (AvgIpc) is 0.755. The highest BCUT2D eigenvalue weighted by Gasteiger charge is 2.60. The van der Waals surface area contributed by atoms with Crippen molar-refractivity contribution >= 4 is 31.7 Å². The molecule has 2 saturated heterocycles. The minimum Gasteiger partial charge on any atom is -0.463 e. The van der Waals surface area contributed by atoms with Crippen LogP contribution in [0.15, 0.2) is 0 Å². The minimum atomic E-state index is -5.81. The molecule has 0 amide bonds. The monoisotopic (exact) mass is 1740 g/mol. The van der Waals surface area contributed by atoms with Crippen LogP contribution in [0.3, 0.4) is 0 Å². The molecule has 26 heteroatoms. The van der Waals surface area contributed by atoms with Gasteiger partial charge in [-0.3, -0.25) is 28.2 Å². The minimum absolute atomic E-state index is 0.0195. The summed E-state index contributed by atoms with van der Waals surface area (Å²) in [4.78, 5) is 66.6. The third-order valence-electron chi connectivity index (χ3n) is 24.5. The summed E-state index contributed by atoms with van der Waals surface area (Å²) in [6.07, 6.45) is 29.3. The fourth-order valence-electron chi connectivity index (χ4n) is 16.6. The van der Waals surface area contributed by atoms with Crippen molar-refractivity contribution in [2.24, 2.45) is 5.92 Å². The topological polar surface area (TPSA) is 380 Å². The smallest absolute Gasteiger partial charge is 0.463 e. The third-order valence-corrected chi connectivity index (χ3v) is 25.5. The Morgan fingerprint density at radius 1 is 0.325 bits per heavy atom. The summed E-state index contributed by atoms with van der Waals surface area (Å²) in [5, 5.41) is 102. The predicted octanol–water partition coefficient (Wildman–Crippen LogP) is 18.8. The van der Waals surface area contributed by atoms with Gasteiger partial charge in [-0.2, -0.15) is 0 Å². The van der Waals surface area contributed by atoms with E-state index in [0.717, 1.165) is 128 Å². The molecular weight excluding hydrogens is 1560 g/mol. The molecular formula is C94H177O25P. The zero-order valence-electron chi connectivity index (χ0n) is 75.8. The number of unbranched alkanes of at least 4 members (excludes halogenated alkanes) is 52. The van der Waals surface area contributed by atoms with Gasteiger partial charge < -0.3 is 88.7 Å². The Labute approximate surface area is 725 Å². The zero-order chi connectivity index (χ0) is 87.6. The van der Waals surface area contributed by atoms with Gasteiger partial charge in [0, 0.05) is 25.7 Å². The standard InChI is InChI=1S/C94H177O25P/c1-6-10-14-18-22-25-28-31-33-35-38-41-43-46-53-59-65-77(96)110-70-74(113-79(98)67-61-56-50-49-52-58-64-73(5)63-57-51-21-17-13-9-4)71-112-120(108,109)119-92-90(117-93-87(106)83(102)81(100)75(69-95)114-93)86(105)85(104)89(116-80(99)68-62-55-48-45-42-39-36-34-32-29-26-23-19-15-11-7-2)91(92)118-94-88(107)84(103)82(101)76(115-94)72-111-78(97)66-60-54-47-44-40-37-30-27-24-20-16-12-8-3/h73-76,81-95,100-107H,6-72H2,1-5H3,(H,108,109). The van der Waals surface area contributed by atoms with Crippen LogP contribution in [-0.2, 0) is 70.7 Å². The van der Waals surface area contributed by atoms with Gasteiger partial charge in [0.15, 0.2) is 24.8 Å². The number of phosphoric acid groups is 1. The normalized spacial score (nSPS) is 24.9. The van der Waals surface area contributed by atoms with Gasteiger partial charge in [0.2, 0.25) is 0 Å². The SMILES string of the molecule is CCCCCCCCCCCCCCCCCCC(=O)OCC(COP(=O)(O)OC1C(OC2OC(CO)C(O)C(O)C2O)C(O)C(O)C(OC(=O)CCCCCCCCCCCCCCCCCC)C1OC1OC(COC(=O)CCCCCCCCCCCCCCC)C(O)C(O)C1O)OC(=O)CCCCCCCCC(C)CCCCCCCC. The molecule has 0 aromatic heterocycles. The van der Waals surface area contributed by atoms with Crippen LogP contribution >= 0.6 is 7.82 Å². The molecule has 10 N–H and O–H groups in total. The zero-order valence-corrected chi connectivity index (χ0v) is 76.7. The van der Waals surface area contributed by atoms with Crippen LogP contribution in [0.2, 0.25) is 0 Å². The van der Waals surface area contributed by atoms with Crippen molar-refractivity contribution in [3.8, 4) is 0 Å². The van der Waals surface area contributed by atoms with Gasteiger partial charge in [0.25, 0.3) is 0 Å². The summed E-state index contributed by atoms with van der Waals surface area (Å²) in [6.45, 7) is 7.98. The number of carbonyl (C=O) groups is 4. The maximum Gasteiger partial charge on any atom is 0.472 e. The molecule has 19 unspecified atom stereocenters. The predicted molar refractivity (Wildman–Crippen MR) is 467 cm³/mol. The van der Waals surface area contributed by atoms with E-state index in [4.69, 9.17) is 46.9 Å². The van der Waals surface area contributed by atoms with E-state index >= 15 is 0 Å². The van der Waals surface area contributed by atoms with Crippen LogP contribution in [0, 0.1) is 5.92 Å². The molecule has 2 heterocycles. The quantitative estimate of drug-likeness (QED) is 0.0117. The van der Waals surface area contributed by atoms with Gasteiger partial charge in [-0.15, -0.1) is 0 Å². The van der Waals surface area contributed by atoms with Crippen molar-refractivity contribution in [1.29, 1.82) is 0 Å². The summed E-state index contributed by atoms with van der Waals surface area (Å²) in [5.74, 6) is -2.27. The van der Waals surface area contributed by atoms with E-state index < -0.39 is 162 Å². The largest absolute Gasteiger partial charge is 0.472 e. The first-order chi connectivity index (χ1) is 58.1. The van der Waals surface area contributed by atoms with E-state index in [-0.39, 0.29) is 25.7 Å². The highest BCUT2D eigenvalue weighted by atomic mass is 31.2. The summed E-state index contributed by atoms with van der Waals surface area (Å²) in [7, 11) is -5.81. The lowest BCUT2D eigenvalue weighted by atomic mass is 9.84. The van der Waals surface area contributed by atoms with Crippen LogP contribution in [0.25, 0.3) is 0 Å². The van der Waals surface area contributed by atoms with Gasteiger partial charge in [-0.1, -0.05) is 388 Å². The third kappa shape index (κ3) is 52.1. The van der Waals surface area contributed by atoms with Crippen LogP contribution in [0.1, 0.15) is 439 Å². The van der Waals surface area contributed by atoms with Crippen LogP contribution in [0.5, 0.6) is 0 Å². The lowest BCUT2D eigenvalue weighted by molar-refractivity contribution is -0.360. The number of phosphoric ester groups is 1. The van der Waals surface area contributed by atoms with E-state index in [1.54, 1.807) is 0 Å². The Morgan fingerprint density at radius 2 is 0.625 bits per heavy atom. The number of aliphatic hydroxyl groups excluding tert-OH is 9. The summed E-state index contributed by atoms with van der Waals surface area (Å²) in [5.41, 5.74) is 0. The number of esters is 4. The Balaban J connectivity index is 1.91. The summed E-state index contributed by atoms with van der Waals surface area (Å²) < 4.78 is 73.6. The van der Waals surface area contributed by atoms with Gasteiger partial charge in [-0.25, -0.2) is 4.57 Å². The summed E-state index contributed by atoms with van der Waals surface area (Å²) in [6, 6.07) is 0. The molecule has 0 aromatic carbocycles. The second-order valence-corrected chi connectivity index (χ2v) is 37.0. The van der Waals surface area contributed by atoms with Gasteiger partial charge >= 0.3 is 31.7 Å². The van der Waals surface area contributed by atoms with Crippen molar-refractivity contribution < 1.29 is 122 Å². The molecule has 25 nitrogen and oxygen atoms in total. The fraction of sp³-hybridized carbons (Fsp3) is 0.957.